The quantitative estimate of drug-likeness (QED) is 0.611. The van der Waals surface area contributed by atoms with E-state index in [9.17, 15) is 4.79 Å². The van der Waals surface area contributed by atoms with Crippen LogP contribution in [0.5, 0.6) is 0 Å². The Hall–Kier alpha value is -1.23. The molecule has 110 valence electrons. The number of carbonyl (C=O) groups excluding carboxylic acids is 1. The van der Waals surface area contributed by atoms with E-state index < -0.39 is 0 Å². The van der Waals surface area contributed by atoms with Gasteiger partial charge in [0.05, 0.1) is 0 Å². The van der Waals surface area contributed by atoms with Gasteiger partial charge in [0.15, 0.2) is 0 Å². The van der Waals surface area contributed by atoms with Gasteiger partial charge in [0.25, 0.3) is 5.91 Å². The molecule has 0 saturated carbocycles. The van der Waals surface area contributed by atoms with Crippen LogP contribution in [-0.2, 0) is 6.54 Å². The summed E-state index contributed by atoms with van der Waals surface area (Å²) in [7, 11) is 1.74. The Morgan fingerprint density at radius 1 is 1.19 bits per heavy atom. The highest BCUT2D eigenvalue weighted by Crippen LogP contribution is 2.18. The minimum Gasteiger partial charge on any atom is -0.337 e. The van der Waals surface area contributed by atoms with Crippen LogP contribution in [0.15, 0.2) is 41.3 Å². The first-order chi connectivity index (χ1) is 9.99. The van der Waals surface area contributed by atoms with Crippen molar-refractivity contribution < 1.29 is 4.79 Å². The van der Waals surface area contributed by atoms with E-state index in [1.165, 1.54) is 17.0 Å². The number of benzene rings is 1. The van der Waals surface area contributed by atoms with Crippen LogP contribution in [0.25, 0.3) is 0 Å². The summed E-state index contributed by atoms with van der Waals surface area (Å²) in [6.07, 6.45) is 2.03. The number of pyridine rings is 1. The molecule has 21 heavy (non-hydrogen) atoms. The number of hydrogen-bond acceptors (Lipinski definition) is 3. The Morgan fingerprint density at radius 2 is 1.76 bits per heavy atom. The maximum atomic E-state index is 12.4. The zero-order chi connectivity index (χ0) is 15.4. The third-order valence-electron chi connectivity index (χ3n) is 2.94. The highest BCUT2D eigenvalue weighted by atomic mass is 35.5. The number of thioether (sulfide) groups is 1. The van der Waals surface area contributed by atoms with Gasteiger partial charge in [-0.15, -0.1) is 11.8 Å². The van der Waals surface area contributed by atoms with Crippen LogP contribution in [-0.4, -0.2) is 29.1 Å². The molecule has 0 aliphatic rings. The minimum absolute atomic E-state index is 0.143. The standard InChI is InChI=1S/C15H14Cl2N2OS/c1-19(9-10-3-5-12(21-2)6-4-10)15(20)11-7-13(16)18-14(17)8-11/h3-8H,9H2,1-2H3. The number of rotatable bonds is 4. The predicted octanol–water partition coefficient (Wildman–Crippen LogP) is 4.38. The molecule has 0 bridgehead atoms. The van der Waals surface area contributed by atoms with E-state index >= 15 is 0 Å². The van der Waals surface area contributed by atoms with Gasteiger partial charge in [0, 0.05) is 24.1 Å². The summed E-state index contributed by atoms with van der Waals surface area (Å²) in [5.41, 5.74) is 1.50. The van der Waals surface area contributed by atoms with E-state index in [2.05, 4.69) is 4.98 Å². The van der Waals surface area contributed by atoms with Gasteiger partial charge in [0.1, 0.15) is 10.3 Å². The predicted molar refractivity (Wildman–Crippen MR) is 88.3 cm³/mol. The molecule has 0 unspecified atom stereocenters. The molecule has 0 radical (unpaired) electrons. The van der Waals surface area contributed by atoms with Crippen LogP contribution in [0.3, 0.4) is 0 Å². The Balaban J connectivity index is 2.11. The third kappa shape index (κ3) is 4.37. The number of amides is 1. The lowest BCUT2D eigenvalue weighted by Crippen LogP contribution is -2.26. The van der Waals surface area contributed by atoms with Crippen LogP contribution >= 0.6 is 35.0 Å². The summed E-state index contributed by atoms with van der Waals surface area (Å²) >= 11 is 13.3. The monoisotopic (exact) mass is 340 g/mol. The van der Waals surface area contributed by atoms with Crippen molar-refractivity contribution in [1.82, 2.24) is 9.88 Å². The normalized spacial score (nSPS) is 10.5. The van der Waals surface area contributed by atoms with E-state index in [0.717, 1.165) is 5.56 Å². The van der Waals surface area contributed by atoms with Crippen LogP contribution in [0.1, 0.15) is 15.9 Å². The maximum Gasteiger partial charge on any atom is 0.254 e. The average molecular weight is 341 g/mol. The molecule has 0 spiro atoms. The van der Waals surface area contributed by atoms with Crippen molar-refractivity contribution in [3.05, 3.63) is 57.8 Å². The van der Waals surface area contributed by atoms with Gasteiger partial charge in [-0.2, -0.15) is 0 Å². The molecule has 1 amide bonds. The van der Waals surface area contributed by atoms with E-state index in [1.807, 2.05) is 30.5 Å². The molecule has 0 fully saturated rings. The van der Waals surface area contributed by atoms with E-state index in [0.29, 0.717) is 12.1 Å². The summed E-state index contributed by atoms with van der Waals surface area (Å²) in [6, 6.07) is 11.1. The van der Waals surface area contributed by atoms with Crippen molar-refractivity contribution in [3.63, 3.8) is 0 Å². The van der Waals surface area contributed by atoms with Crippen molar-refractivity contribution in [1.29, 1.82) is 0 Å². The molecule has 2 rings (SSSR count). The van der Waals surface area contributed by atoms with Crippen molar-refractivity contribution in [2.24, 2.45) is 0 Å². The topological polar surface area (TPSA) is 33.2 Å². The van der Waals surface area contributed by atoms with E-state index in [1.54, 1.807) is 23.7 Å². The van der Waals surface area contributed by atoms with E-state index in [4.69, 9.17) is 23.2 Å². The third-order valence-corrected chi connectivity index (χ3v) is 4.07. The molecule has 1 heterocycles. The molecular formula is C15H14Cl2N2OS. The summed E-state index contributed by atoms with van der Waals surface area (Å²) in [6.45, 7) is 0.519. The zero-order valence-electron chi connectivity index (χ0n) is 11.6. The number of carbonyl (C=O) groups is 1. The first-order valence-corrected chi connectivity index (χ1v) is 8.19. The fourth-order valence-corrected chi connectivity index (χ4v) is 2.75. The highest BCUT2D eigenvalue weighted by molar-refractivity contribution is 7.98. The highest BCUT2D eigenvalue weighted by Gasteiger charge is 2.14. The van der Waals surface area contributed by atoms with Gasteiger partial charge >= 0.3 is 0 Å². The van der Waals surface area contributed by atoms with Crippen molar-refractivity contribution in [2.75, 3.05) is 13.3 Å². The second-order valence-electron chi connectivity index (χ2n) is 4.51. The van der Waals surface area contributed by atoms with Crippen molar-refractivity contribution in [2.45, 2.75) is 11.4 Å². The van der Waals surface area contributed by atoms with E-state index in [-0.39, 0.29) is 16.2 Å². The van der Waals surface area contributed by atoms with Gasteiger partial charge in [-0.25, -0.2) is 4.98 Å². The Bertz CT molecular complexity index is 626. The Labute approximate surface area is 138 Å². The lowest BCUT2D eigenvalue weighted by atomic mass is 10.2. The number of aromatic nitrogens is 1. The van der Waals surface area contributed by atoms with Crippen molar-refractivity contribution >= 4 is 40.9 Å². The molecular weight excluding hydrogens is 327 g/mol. The van der Waals surface area contributed by atoms with Gasteiger partial charge in [0.2, 0.25) is 0 Å². The lowest BCUT2D eigenvalue weighted by molar-refractivity contribution is 0.0785. The zero-order valence-corrected chi connectivity index (χ0v) is 14.0. The molecule has 0 aliphatic carbocycles. The number of hydrogen-bond donors (Lipinski definition) is 0. The van der Waals surface area contributed by atoms with Crippen LogP contribution < -0.4 is 0 Å². The first kappa shape index (κ1) is 16.1. The average Bonchev–Trinajstić information content (AvgIpc) is 2.46. The number of halogens is 2. The fraction of sp³-hybridized carbons (Fsp3) is 0.200. The summed E-state index contributed by atoms with van der Waals surface area (Å²) < 4.78 is 0. The van der Waals surface area contributed by atoms with Crippen LogP contribution in [0.4, 0.5) is 0 Å². The molecule has 6 heteroatoms. The smallest absolute Gasteiger partial charge is 0.254 e. The minimum atomic E-state index is -0.143. The van der Waals surface area contributed by atoms with Gasteiger partial charge < -0.3 is 4.90 Å². The maximum absolute atomic E-state index is 12.4. The molecule has 0 N–H and O–H groups in total. The van der Waals surface area contributed by atoms with Gasteiger partial charge in [-0.05, 0) is 36.1 Å². The largest absolute Gasteiger partial charge is 0.337 e. The molecule has 2 aromatic rings. The summed E-state index contributed by atoms with van der Waals surface area (Å²) in [4.78, 5) is 19.0. The molecule has 1 aromatic heterocycles. The SMILES string of the molecule is CSc1ccc(CN(C)C(=O)c2cc(Cl)nc(Cl)c2)cc1. The summed E-state index contributed by atoms with van der Waals surface area (Å²) in [5.74, 6) is -0.143. The van der Waals surface area contributed by atoms with Crippen molar-refractivity contribution in [3.8, 4) is 0 Å². The second kappa shape index (κ2) is 7.16. The molecule has 0 saturated heterocycles. The molecule has 0 aliphatic heterocycles. The van der Waals surface area contributed by atoms with Crippen LogP contribution in [0, 0.1) is 0 Å². The first-order valence-electron chi connectivity index (χ1n) is 6.21. The molecule has 0 atom stereocenters. The van der Waals surface area contributed by atoms with Gasteiger partial charge in [-0.3, -0.25) is 4.79 Å². The Morgan fingerprint density at radius 3 is 2.29 bits per heavy atom. The van der Waals surface area contributed by atoms with Crippen LogP contribution in [0.2, 0.25) is 10.3 Å². The second-order valence-corrected chi connectivity index (χ2v) is 6.16. The lowest BCUT2D eigenvalue weighted by Gasteiger charge is -2.17. The number of nitrogens with zero attached hydrogens (tertiary/aromatic N) is 2. The fourth-order valence-electron chi connectivity index (χ4n) is 1.89. The summed E-state index contributed by atoms with van der Waals surface area (Å²) in [5, 5.41) is 0.423. The molecule has 1 aromatic carbocycles. The molecule has 3 nitrogen and oxygen atoms in total. The van der Waals surface area contributed by atoms with Gasteiger partial charge in [-0.1, -0.05) is 35.3 Å². The Kier molecular flexibility index (Phi) is 5.51.